The monoisotopic (exact) mass is 285 g/mol. The van der Waals surface area contributed by atoms with Crippen molar-refractivity contribution in [2.24, 2.45) is 0 Å². The van der Waals surface area contributed by atoms with E-state index in [1.165, 1.54) is 16.3 Å². The van der Waals surface area contributed by atoms with Gasteiger partial charge >= 0.3 is 0 Å². The Labute approximate surface area is 128 Å². The molecule has 0 unspecified atom stereocenters. The molecule has 0 saturated heterocycles. The smallest absolute Gasteiger partial charge is 0.126 e. The lowest BCUT2D eigenvalue weighted by Crippen LogP contribution is -2.29. The van der Waals surface area contributed by atoms with Crippen LogP contribution in [0, 0.1) is 0 Å². The van der Waals surface area contributed by atoms with E-state index in [-0.39, 0.29) is 5.41 Å². The normalized spacial score (nSPS) is 12.1. The predicted molar refractivity (Wildman–Crippen MR) is 91.3 cm³/mol. The highest BCUT2D eigenvalue weighted by atomic mass is 16.5. The minimum Gasteiger partial charge on any atom is -0.496 e. The zero-order valence-corrected chi connectivity index (χ0v) is 13.9. The van der Waals surface area contributed by atoms with Crippen molar-refractivity contribution >= 4 is 10.8 Å². The quantitative estimate of drug-likeness (QED) is 0.843. The van der Waals surface area contributed by atoms with E-state index in [1.54, 1.807) is 7.11 Å². The molecule has 0 aliphatic rings. The first-order valence-electron chi connectivity index (χ1n) is 7.75. The molecule has 0 aliphatic heterocycles. The minimum absolute atomic E-state index is 0.133. The number of hydrogen-bond acceptors (Lipinski definition) is 2. The van der Waals surface area contributed by atoms with Crippen LogP contribution in [0.2, 0.25) is 0 Å². The van der Waals surface area contributed by atoms with E-state index in [0.29, 0.717) is 6.04 Å². The largest absolute Gasteiger partial charge is 0.496 e. The van der Waals surface area contributed by atoms with Crippen LogP contribution in [-0.2, 0) is 5.41 Å². The number of nitrogens with one attached hydrogen (secondary N) is 1. The molecule has 2 rings (SSSR count). The summed E-state index contributed by atoms with van der Waals surface area (Å²) >= 11 is 0. The molecule has 0 bridgehead atoms. The molecule has 0 heterocycles. The average molecular weight is 285 g/mol. The molecule has 0 aliphatic carbocycles. The second kappa shape index (κ2) is 6.48. The third-order valence-corrected chi connectivity index (χ3v) is 4.14. The third-order valence-electron chi connectivity index (χ3n) is 4.14. The highest BCUT2D eigenvalue weighted by Crippen LogP contribution is 2.36. The van der Waals surface area contributed by atoms with Crippen LogP contribution in [0.5, 0.6) is 5.75 Å². The molecule has 21 heavy (non-hydrogen) atoms. The van der Waals surface area contributed by atoms with Crippen molar-refractivity contribution in [3.8, 4) is 5.75 Å². The zero-order chi connectivity index (χ0) is 15.5. The average Bonchev–Trinajstić information content (AvgIpc) is 2.45. The molecular formula is C19H27NO. The highest BCUT2D eigenvalue weighted by Gasteiger charge is 2.23. The van der Waals surface area contributed by atoms with Crippen LogP contribution in [0.3, 0.4) is 0 Å². The maximum absolute atomic E-state index is 5.50. The summed E-state index contributed by atoms with van der Waals surface area (Å²) in [5.41, 5.74) is 1.53. The highest BCUT2D eigenvalue weighted by molar-refractivity contribution is 5.91. The van der Waals surface area contributed by atoms with E-state index in [1.807, 2.05) is 0 Å². The summed E-state index contributed by atoms with van der Waals surface area (Å²) in [5.74, 6) is 0.949. The molecule has 0 aromatic heterocycles. The summed E-state index contributed by atoms with van der Waals surface area (Å²) in [5, 5.41) is 6.01. The van der Waals surface area contributed by atoms with Gasteiger partial charge in [-0.1, -0.05) is 58.0 Å². The van der Waals surface area contributed by atoms with Gasteiger partial charge in [-0.25, -0.2) is 0 Å². The van der Waals surface area contributed by atoms with E-state index in [0.717, 1.165) is 18.7 Å². The van der Waals surface area contributed by atoms with Gasteiger partial charge in [0.15, 0.2) is 0 Å². The Balaban J connectivity index is 2.37. The van der Waals surface area contributed by atoms with Gasteiger partial charge in [0.1, 0.15) is 5.75 Å². The lowest BCUT2D eigenvalue weighted by atomic mass is 9.79. The Bertz CT molecular complexity index is 602. The van der Waals surface area contributed by atoms with Gasteiger partial charge in [-0.15, -0.1) is 0 Å². The zero-order valence-electron chi connectivity index (χ0n) is 13.9. The van der Waals surface area contributed by atoms with Crippen LogP contribution < -0.4 is 10.1 Å². The van der Waals surface area contributed by atoms with Gasteiger partial charge in [0.05, 0.1) is 7.11 Å². The Morgan fingerprint density at radius 2 is 1.71 bits per heavy atom. The van der Waals surface area contributed by atoms with E-state index >= 15 is 0 Å². The Kier molecular flexibility index (Phi) is 4.89. The molecule has 0 radical (unpaired) electrons. The number of methoxy groups -OCH3 is 1. The lowest BCUT2D eigenvalue weighted by molar-refractivity contribution is 0.418. The van der Waals surface area contributed by atoms with Crippen LogP contribution in [0.1, 0.15) is 39.7 Å². The number of ether oxygens (including phenoxy) is 1. The van der Waals surface area contributed by atoms with Gasteiger partial charge in [-0.05, 0) is 35.4 Å². The standard InChI is InChI=1S/C19H27NO/c1-14(2)20-13-12-19(3,4)17-10-11-18(21-5)16-9-7-6-8-15(16)17/h6-11,14,20H,12-13H2,1-5H3. The summed E-state index contributed by atoms with van der Waals surface area (Å²) in [6.07, 6.45) is 1.11. The molecule has 114 valence electrons. The first kappa shape index (κ1) is 15.8. The van der Waals surface area contributed by atoms with E-state index in [4.69, 9.17) is 4.74 Å². The van der Waals surface area contributed by atoms with Crippen molar-refractivity contribution in [3.63, 3.8) is 0 Å². The summed E-state index contributed by atoms with van der Waals surface area (Å²) < 4.78 is 5.50. The fourth-order valence-corrected chi connectivity index (χ4v) is 2.85. The molecule has 2 aromatic carbocycles. The van der Waals surface area contributed by atoms with Crippen LogP contribution in [0.4, 0.5) is 0 Å². The SMILES string of the molecule is COc1ccc(C(C)(C)CCNC(C)C)c2ccccc12. The Hall–Kier alpha value is -1.54. The number of hydrogen-bond donors (Lipinski definition) is 1. The molecule has 1 N–H and O–H groups in total. The maximum Gasteiger partial charge on any atom is 0.126 e. The van der Waals surface area contributed by atoms with Crippen LogP contribution in [-0.4, -0.2) is 19.7 Å². The molecule has 2 nitrogen and oxygen atoms in total. The summed E-state index contributed by atoms with van der Waals surface area (Å²) in [6.45, 7) is 10.1. The van der Waals surface area contributed by atoms with Gasteiger partial charge < -0.3 is 10.1 Å². The Morgan fingerprint density at radius 3 is 2.33 bits per heavy atom. The fourth-order valence-electron chi connectivity index (χ4n) is 2.85. The van der Waals surface area contributed by atoms with E-state index in [2.05, 4.69) is 69.4 Å². The van der Waals surface area contributed by atoms with Gasteiger partial charge in [0.2, 0.25) is 0 Å². The van der Waals surface area contributed by atoms with Gasteiger partial charge in [-0.3, -0.25) is 0 Å². The number of rotatable bonds is 6. The van der Waals surface area contributed by atoms with Gasteiger partial charge in [0.25, 0.3) is 0 Å². The first-order chi connectivity index (χ1) is 9.95. The number of fused-ring (bicyclic) bond motifs is 1. The van der Waals surface area contributed by atoms with Gasteiger partial charge in [0, 0.05) is 11.4 Å². The summed E-state index contributed by atoms with van der Waals surface area (Å²) in [7, 11) is 1.74. The fraction of sp³-hybridized carbons (Fsp3) is 0.474. The molecular weight excluding hydrogens is 258 g/mol. The molecule has 0 saturated carbocycles. The van der Waals surface area contributed by atoms with Crippen molar-refractivity contribution in [2.75, 3.05) is 13.7 Å². The first-order valence-corrected chi connectivity index (χ1v) is 7.75. The molecule has 2 aromatic rings. The van der Waals surface area contributed by atoms with Crippen LogP contribution >= 0.6 is 0 Å². The summed E-state index contributed by atoms with van der Waals surface area (Å²) in [6, 6.07) is 13.4. The van der Waals surface area contributed by atoms with Crippen molar-refractivity contribution in [2.45, 2.75) is 45.6 Å². The number of benzene rings is 2. The van der Waals surface area contributed by atoms with Gasteiger partial charge in [-0.2, -0.15) is 0 Å². The second-order valence-corrected chi connectivity index (χ2v) is 6.60. The molecule has 0 spiro atoms. The summed E-state index contributed by atoms with van der Waals surface area (Å²) in [4.78, 5) is 0. The lowest BCUT2D eigenvalue weighted by Gasteiger charge is -2.28. The third kappa shape index (κ3) is 3.56. The van der Waals surface area contributed by atoms with E-state index < -0.39 is 0 Å². The minimum atomic E-state index is 0.133. The van der Waals surface area contributed by atoms with Crippen molar-refractivity contribution in [1.29, 1.82) is 0 Å². The van der Waals surface area contributed by atoms with Crippen LogP contribution in [0.15, 0.2) is 36.4 Å². The molecule has 2 heteroatoms. The molecule has 0 fully saturated rings. The van der Waals surface area contributed by atoms with E-state index in [9.17, 15) is 0 Å². The molecule has 0 amide bonds. The maximum atomic E-state index is 5.50. The van der Waals surface area contributed by atoms with Crippen molar-refractivity contribution in [3.05, 3.63) is 42.0 Å². The van der Waals surface area contributed by atoms with Crippen molar-refractivity contribution in [1.82, 2.24) is 5.32 Å². The Morgan fingerprint density at radius 1 is 1.05 bits per heavy atom. The van der Waals surface area contributed by atoms with Crippen LogP contribution in [0.25, 0.3) is 10.8 Å². The molecule has 0 atom stereocenters. The second-order valence-electron chi connectivity index (χ2n) is 6.60. The predicted octanol–water partition coefficient (Wildman–Crippen LogP) is 4.51. The van der Waals surface area contributed by atoms with Crippen molar-refractivity contribution < 1.29 is 4.74 Å². The topological polar surface area (TPSA) is 21.3 Å².